The van der Waals surface area contributed by atoms with Crippen LogP contribution in [0.2, 0.25) is 0 Å². The maximum Gasteiger partial charge on any atom is 0.329 e. The molecule has 66 heavy (non-hydrogen) atoms. The van der Waals surface area contributed by atoms with Crippen molar-refractivity contribution in [3.63, 3.8) is 0 Å². The quantitative estimate of drug-likeness (QED) is 0.0869. The lowest BCUT2D eigenvalue weighted by molar-refractivity contribution is -0.177. The molecule has 0 aliphatic carbocycles. The molecule has 1 aromatic heterocycles. The Morgan fingerprint density at radius 3 is 2.23 bits per heavy atom. The number of benzene rings is 5. The fraction of sp³-hybridized carbons (Fsp3) is 0.255. The third-order valence-electron chi connectivity index (χ3n) is 12.5. The molecule has 2 saturated heterocycles. The van der Waals surface area contributed by atoms with Gasteiger partial charge in [-0.05, 0) is 70.6 Å². The summed E-state index contributed by atoms with van der Waals surface area (Å²) in [6.07, 6.45) is -0.817. The summed E-state index contributed by atoms with van der Waals surface area (Å²) < 4.78 is 12.4. The van der Waals surface area contributed by atoms with Gasteiger partial charge in [0.05, 0.1) is 47.6 Å². The number of hydrogen-bond donors (Lipinski definition) is 4. The fourth-order valence-electron chi connectivity index (χ4n) is 9.79. The van der Waals surface area contributed by atoms with E-state index in [1.54, 1.807) is 50.2 Å². The Bertz CT molecular complexity index is 2880. The van der Waals surface area contributed by atoms with Crippen LogP contribution in [0.5, 0.6) is 5.75 Å². The summed E-state index contributed by atoms with van der Waals surface area (Å²) in [5, 5.41) is 26.3. The molecule has 15 heteroatoms. The molecule has 4 N–H and O–H groups in total. The molecular weight excluding hydrogens is 859 g/mol. The van der Waals surface area contributed by atoms with Gasteiger partial charge in [-0.2, -0.15) is 0 Å². The van der Waals surface area contributed by atoms with Gasteiger partial charge in [-0.1, -0.05) is 122 Å². The number of ether oxygens (including phenoxy) is 2. The Balaban J connectivity index is 1.35. The highest BCUT2D eigenvalue weighted by Crippen LogP contribution is 2.66. The molecule has 9 rings (SSSR count). The smallest absolute Gasteiger partial charge is 0.329 e. The van der Waals surface area contributed by atoms with Gasteiger partial charge in [-0.3, -0.25) is 19.3 Å². The zero-order valence-corrected chi connectivity index (χ0v) is 36.9. The number of nitrogens with zero attached hydrogens (tertiary/aromatic N) is 3. The normalized spacial score (nSPS) is 22.6. The summed E-state index contributed by atoms with van der Waals surface area (Å²) in [4.78, 5) is 83.1. The largest absolute Gasteiger partial charge is 0.508 e. The summed E-state index contributed by atoms with van der Waals surface area (Å²) in [7, 11) is 1.20. The van der Waals surface area contributed by atoms with Crippen molar-refractivity contribution in [1.29, 1.82) is 0 Å². The van der Waals surface area contributed by atoms with E-state index in [1.807, 2.05) is 83.8 Å². The van der Waals surface area contributed by atoms with Crippen LogP contribution in [0.3, 0.4) is 0 Å². The number of phenols is 1. The van der Waals surface area contributed by atoms with Crippen molar-refractivity contribution in [2.45, 2.75) is 56.0 Å². The van der Waals surface area contributed by atoms with E-state index in [0.29, 0.717) is 27.8 Å². The van der Waals surface area contributed by atoms with Crippen LogP contribution in [0.1, 0.15) is 66.3 Å². The number of esters is 2. The molecule has 0 radical (unpaired) electrons. The number of hydrogen-bond acceptors (Lipinski definition) is 12. The van der Waals surface area contributed by atoms with E-state index < -0.39 is 77.3 Å². The van der Waals surface area contributed by atoms with Crippen molar-refractivity contribution in [2.24, 2.45) is 11.8 Å². The Morgan fingerprint density at radius 1 is 0.879 bits per heavy atom. The summed E-state index contributed by atoms with van der Waals surface area (Å²) in [5.74, 6) is 0.679. The lowest BCUT2D eigenvalue weighted by Crippen LogP contribution is -2.57. The molecule has 14 nitrogen and oxygen atoms in total. The monoisotopic (exact) mass is 903 g/mol. The number of carbonyl (C=O) groups excluding carboxylic acids is 5. The van der Waals surface area contributed by atoms with E-state index in [2.05, 4.69) is 27.5 Å². The lowest BCUT2D eigenvalue weighted by Gasteiger charge is -2.46. The van der Waals surface area contributed by atoms with Gasteiger partial charge >= 0.3 is 18.0 Å². The van der Waals surface area contributed by atoms with Crippen LogP contribution < -0.4 is 15.5 Å². The molecule has 6 aromatic rings. The number of aliphatic hydroxyl groups excluding tert-OH is 1. The molecule has 1 spiro atoms. The number of aromatic nitrogens is 1. The minimum atomic E-state index is -2.14. The molecule has 7 unspecified atom stereocenters. The van der Waals surface area contributed by atoms with Crippen LogP contribution in [0.25, 0.3) is 10.2 Å². The zero-order valence-electron chi connectivity index (χ0n) is 36.1. The van der Waals surface area contributed by atoms with Crippen molar-refractivity contribution in [2.75, 3.05) is 23.9 Å². The highest BCUT2D eigenvalue weighted by atomic mass is 32.1. The third kappa shape index (κ3) is 7.42. The Kier molecular flexibility index (Phi) is 11.9. The van der Waals surface area contributed by atoms with Crippen molar-refractivity contribution in [1.82, 2.24) is 15.2 Å². The average molecular weight is 904 g/mol. The summed E-state index contributed by atoms with van der Waals surface area (Å²) in [5.41, 5.74) is 0.960. The van der Waals surface area contributed by atoms with E-state index in [9.17, 15) is 19.8 Å². The number of fused-ring (bicyclic) bond motifs is 4. The second-order valence-corrected chi connectivity index (χ2v) is 17.7. The number of urea groups is 1. The van der Waals surface area contributed by atoms with Crippen molar-refractivity contribution in [3.05, 3.63) is 155 Å². The third-order valence-corrected chi connectivity index (χ3v) is 13.5. The molecule has 2 fully saturated rings. The first-order valence-corrected chi connectivity index (χ1v) is 22.3. The van der Waals surface area contributed by atoms with Crippen LogP contribution in [-0.2, 0) is 34.1 Å². The number of anilines is 2. The van der Waals surface area contributed by atoms with Crippen molar-refractivity contribution in [3.8, 4) is 17.6 Å². The molecule has 3 aliphatic rings. The van der Waals surface area contributed by atoms with Gasteiger partial charge in [0.2, 0.25) is 11.8 Å². The molecule has 4 heterocycles. The van der Waals surface area contributed by atoms with Crippen LogP contribution in [-0.4, -0.2) is 75.7 Å². The summed E-state index contributed by atoms with van der Waals surface area (Å²) in [6, 6.07) is 31.2. The first kappa shape index (κ1) is 43.9. The van der Waals surface area contributed by atoms with Gasteiger partial charge in [-0.25, -0.2) is 19.5 Å². The highest BCUT2D eigenvalue weighted by molar-refractivity contribution is 7.22. The SMILES string of the molecule is COC(=O)C(NC(=O)N1C(=O)C2(c3cc(C#CCCO)ccc31)C(C(=O)Nc1nc3ccccc3s1)C1C(=O)OC(c3ccccc3)C(c3ccccc3)N1C2c1ccc(O)cc1)C(C)C. The number of cyclic esters (lactones) is 1. The lowest BCUT2D eigenvalue weighted by atomic mass is 9.65. The number of para-hydroxylation sites is 1. The van der Waals surface area contributed by atoms with Gasteiger partial charge in [0, 0.05) is 12.0 Å². The predicted molar refractivity (Wildman–Crippen MR) is 246 cm³/mol. The van der Waals surface area contributed by atoms with Gasteiger partial charge in [0.15, 0.2) is 5.13 Å². The minimum absolute atomic E-state index is 0.0737. The zero-order chi connectivity index (χ0) is 46.3. The molecule has 334 valence electrons. The fourth-order valence-corrected chi connectivity index (χ4v) is 10.7. The van der Waals surface area contributed by atoms with Crippen LogP contribution >= 0.6 is 11.3 Å². The number of methoxy groups -OCH3 is 1. The molecule has 0 saturated carbocycles. The molecule has 0 bridgehead atoms. The van der Waals surface area contributed by atoms with Gasteiger partial charge in [0.25, 0.3) is 0 Å². The first-order valence-electron chi connectivity index (χ1n) is 21.5. The molecule has 4 amide bonds. The second kappa shape index (κ2) is 17.9. The summed E-state index contributed by atoms with van der Waals surface area (Å²) in [6.45, 7) is 3.24. The number of carbonyl (C=O) groups is 5. The van der Waals surface area contributed by atoms with Crippen LogP contribution in [0, 0.1) is 23.7 Å². The molecular formula is C51H45N5O9S. The minimum Gasteiger partial charge on any atom is -0.508 e. The number of nitrogens with one attached hydrogen (secondary N) is 2. The summed E-state index contributed by atoms with van der Waals surface area (Å²) >= 11 is 1.22. The Hall–Kier alpha value is -7.38. The maximum atomic E-state index is 16.5. The van der Waals surface area contributed by atoms with E-state index in [1.165, 1.54) is 30.6 Å². The van der Waals surface area contributed by atoms with E-state index in [0.717, 1.165) is 9.60 Å². The van der Waals surface area contributed by atoms with Crippen molar-refractivity contribution < 1.29 is 43.7 Å². The van der Waals surface area contributed by atoms with E-state index >= 15 is 14.4 Å². The number of rotatable bonds is 9. The molecule has 7 atom stereocenters. The van der Waals surface area contributed by atoms with Gasteiger partial charge in [-0.15, -0.1) is 0 Å². The number of amides is 4. The van der Waals surface area contributed by atoms with Crippen LogP contribution in [0.4, 0.5) is 15.6 Å². The maximum absolute atomic E-state index is 16.5. The average Bonchev–Trinajstić information content (AvgIpc) is 3.96. The van der Waals surface area contributed by atoms with Gasteiger partial charge < -0.3 is 30.3 Å². The topological polar surface area (TPSA) is 188 Å². The van der Waals surface area contributed by atoms with Crippen molar-refractivity contribution >= 4 is 62.2 Å². The Labute approximate surface area is 384 Å². The predicted octanol–water partition coefficient (Wildman–Crippen LogP) is 6.95. The number of imide groups is 1. The number of thiazole rings is 1. The number of aromatic hydroxyl groups is 1. The first-order chi connectivity index (χ1) is 32.0. The molecule has 5 aromatic carbocycles. The Morgan fingerprint density at radius 2 is 1.56 bits per heavy atom. The van der Waals surface area contributed by atoms with Gasteiger partial charge in [0.1, 0.15) is 29.4 Å². The van der Waals surface area contributed by atoms with Crippen LogP contribution in [0.15, 0.2) is 127 Å². The number of aliphatic hydroxyl groups is 1. The van der Waals surface area contributed by atoms with E-state index in [4.69, 9.17) is 9.47 Å². The molecule has 3 aliphatic heterocycles. The van der Waals surface area contributed by atoms with E-state index in [-0.39, 0.29) is 35.2 Å². The second-order valence-electron chi connectivity index (χ2n) is 16.7. The standard InChI is InChI=1S/C51H45N5O9S/c1-29(2)40(46(60)64-3)53-50(63)55-37-26-21-30(14-12-13-27-57)28-35(37)51(48(55)62)39(45(59)54-49-52-36-19-10-11-20-38(36)66-49)42-47(61)65-43(32-17-8-5-9-18-32)41(31-15-6-4-7-16-31)56(42)44(51)33-22-24-34(58)25-23-33/h4-11,15-26,28-29,39-44,57-58H,13,27H2,1-3H3,(H,53,63)(H,52,54,59). The number of phenolic OH excluding ortho intramolecular Hbond substituents is 1. The number of morpholine rings is 1. The highest BCUT2D eigenvalue weighted by Gasteiger charge is 2.75.